The summed E-state index contributed by atoms with van der Waals surface area (Å²) >= 11 is 3.39. The van der Waals surface area contributed by atoms with E-state index >= 15 is 0 Å². The molecule has 44 heteroatoms. The third-order valence-corrected chi connectivity index (χ3v) is 25.9. The predicted molar refractivity (Wildman–Crippen MR) is 565 cm³/mol. The predicted octanol–water partition coefficient (Wildman–Crippen LogP) is 15.0. The van der Waals surface area contributed by atoms with Crippen LogP contribution < -0.4 is 42.5 Å². The van der Waals surface area contributed by atoms with E-state index in [9.17, 15) is 89.9 Å². The average Bonchev–Trinajstić information content (AvgIpc) is 1.78. The average molecular weight is 2150 g/mol. The number of urea groups is 4. The number of alkyl carbamates (subject to hydrolysis) is 4. The fourth-order valence-corrected chi connectivity index (χ4v) is 16.9. The Kier molecular flexibility index (Phi) is 64.0. The first-order valence-electron chi connectivity index (χ1n) is 50.7. The van der Waals surface area contributed by atoms with E-state index in [1.54, 1.807) is 123 Å². The van der Waals surface area contributed by atoms with Crippen molar-refractivity contribution in [3.63, 3.8) is 0 Å². The van der Waals surface area contributed by atoms with Gasteiger partial charge in [0.25, 0.3) is 0 Å². The Balaban J connectivity index is 0.000000854. The molecule has 0 bridgehead atoms. The topological polar surface area (TPSA) is 482 Å². The maximum atomic E-state index is 12.4. The van der Waals surface area contributed by atoms with Crippen molar-refractivity contribution in [2.24, 2.45) is 52.8 Å². The summed E-state index contributed by atoms with van der Waals surface area (Å²) in [6, 6.07) is 8.61. The number of methoxy groups -OCH3 is 7. The van der Waals surface area contributed by atoms with Crippen LogP contribution in [0.3, 0.4) is 0 Å². The number of nitrogens with zero attached hydrogens (tertiary/aromatic N) is 6. The van der Waals surface area contributed by atoms with E-state index in [1.807, 2.05) is 156 Å². The molecule has 39 nitrogen and oxygen atoms in total. The van der Waals surface area contributed by atoms with Gasteiger partial charge in [-0.2, -0.15) is 36.3 Å². The van der Waals surface area contributed by atoms with Gasteiger partial charge in [-0.15, -0.1) is 0 Å². The highest BCUT2D eigenvalue weighted by Crippen LogP contribution is 2.30. The zero-order valence-corrected chi connectivity index (χ0v) is 95.1. The molecule has 12 atom stereocenters. The number of likely N-dealkylation sites (tertiary alicyclic amines) is 2. The lowest BCUT2D eigenvalue weighted by molar-refractivity contribution is -0.148. The molecule has 8 N–H and O–H groups in total. The number of rotatable bonds is 36. The molecule has 3 aromatic rings. The van der Waals surface area contributed by atoms with Crippen LogP contribution in [0.15, 0.2) is 71.7 Å². The van der Waals surface area contributed by atoms with Crippen LogP contribution >= 0.6 is 23.1 Å². The van der Waals surface area contributed by atoms with E-state index in [4.69, 9.17) is 23.7 Å². The van der Waals surface area contributed by atoms with Crippen molar-refractivity contribution < 1.29 is 133 Å². The third-order valence-electron chi connectivity index (χ3n) is 24.2. The van der Waals surface area contributed by atoms with Gasteiger partial charge in [-0.25, -0.2) is 38.4 Å². The molecule has 5 saturated heterocycles. The first-order valence-corrected chi connectivity index (χ1v) is 52.8. The molecular formula is C105H173F3N14O25S2. The summed E-state index contributed by atoms with van der Waals surface area (Å²) < 4.78 is 81.8. The second-order valence-corrected chi connectivity index (χ2v) is 42.6. The van der Waals surface area contributed by atoms with Gasteiger partial charge in [-0.05, 0) is 138 Å². The molecule has 5 fully saturated rings. The SMILES string of the molecule is CC(C)C(=O)[C@H](NC(=O)N1CCOC1)c1ccccc1.COC(=O)N[C@@H](C(=O)C(C)C)c1cccnc1.COC(=O)N[C@@H](C(=O)C(C)C)c1ccsc1.COC(=O)N[C@H](C(=O)C(C)(C)C)[C@@H](C)OC(C)(C)C.COC(=O)N[C@H](C(=O)C(C)C)C1CCSCC1.CO[C@H](C)[C@H](NC(=O)N1CCCC1)C(=O)C(C)C.CO[C@H](C)[C@H](NC(=O)N1CCCC1)C(=O)C(C)C.CO[C@H](C)[C@H](NC(=O)N1CCN(CC(F)(F)F)CC1)C(=O)C(C)C. The summed E-state index contributed by atoms with van der Waals surface area (Å²) in [5.41, 5.74) is 1.29. The Hall–Kier alpha value is -10.5. The number of ether oxygens (including phenoxy) is 9. The number of nitrogens with one attached hydrogen (secondary N) is 8. The molecule has 1 aromatic carbocycles. The fraction of sp³-hybridized carbons (Fsp3) is 0.705. The second kappa shape index (κ2) is 69.9. The highest BCUT2D eigenvalue weighted by atomic mass is 32.2. The molecule has 0 radical (unpaired) electrons. The van der Waals surface area contributed by atoms with E-state index in [1.165, 1.54) is 56.7 Å². The van der Waals surface area contributed by atoms with Gasteiger partial charge in [-0.1, -0.05) is 154 Å². The minimum atomic E-state index is -4.24. The standard InChI is InChI=1S/C15H26F3N3O3.C15H20N2O3.C14H27NO4.2C13H24N2O3.C12H16N2O3.C12H21NO3S.C11H15NO3S/c1-10(2)13(22)12(11(3)24-4)19-14(23)21-7-5-20(6-8-21)9-15(16,17)18;1-11(2)14(18)13(12-6-4-3-5-7-12)16-15(19)17-8-9-20-10-17;1-9(19-14(5,6)7)10(15-12(17)18-8)11(16)13(2,3)4;2*1-9(2)12(16)11(10(3)18-4)14-13(17)15-7-5-6-8-15;1-8(2)11(15)10(14-12(16)17-3)9-5-4-6-13-7-9;1-8(2)11(14)10(13-12(15)16-3)9-4-6-17-7-5-9;1-7(2)10(13)9(12-11(14)15-3)8-4-5-16-6-8/h10-12H,5-9H2,1-4H3,(H,19,23);3-7,11,13H,8-10H2,1-2H3,(H,16,19);9-10H,1-8H3,(H,15,17);2*9-11H,5-8H2,1-4H3,(H,14,17);4-8,10H,1-3H3,(H,14,16);8-10H,4-7H2,1-3H3,(H,13,15);4-7,9H,1-3H3,(H,12,14)/t11-,12+;13-;9-,10+;2*10-,11+;2*10-;9-/m11111101/s1. The van der Waals surface area contributed by atoms with Gasteiger partial charge in [0, 0.05) is 145 Å². The molecule has 0 spiro atoms. The number of pyridine rings is 1. The number of hydrogen-bond acceptors (Lipinski definition) is 29. The van der Waals surface area contributed by atoms with E-state index in [2.05, 4.69) is 66.5 Å². The molecule has 149 heavy (non-hydrogen) atoms. The number of piperazine rings is 1. The van der Waals surface area contributed by atoms with Crippen molar-refractivity contribution >= 4 is 118 Å². The Labute approximate surface area is 888 Å². The van der Waals surface area contributed by atoms with Crippen molar-refractivity contribution in [1.29, 1.82) is 0 Å². The van der Waals surface area contributed by atoms with Crippen molar-refractivity contribution in [2.45, 2.75) is 289 Å². The molecule has 8 rings (SSSR count). The van der Waals surface area contributed by atoms with Gasteiger partial charge in [0.15, 0.2) is 46.3 Å². The summed E-state index contributed by atoms with van der Waals surface area (Å²) in [7, 11) is 9.68. The van der Waals surface area contributed by atoms with Crippen LogP contribution in [0.4, 0.5) is 51.5 Å². The minimum Gasteiger partial charge on any atom is -0.453 e. The highest BCUT2D eigenvalue weighted by molar-refractivity contribution is 7.99. The van der Waals surface area contributed by atoms with Crippen LogP contribution in [0.25, 0.3) is 0 Å². The van der Waals surface area contributed by atoms with Crippen molar-refractivity contribution in [2.75, 3.05) is 140 Å². The molecule has 0 unspecified atom stereocenters. The van der Waals surface area contributed by atoms with Crippen LogP contribution in [-0.4, -0.2) is 331 Å². The number of aromatic nitrogens is 1. The number of halogens is 3. The summed E-state index contributed by atoms with van der Waals surface area (Å²) in [5.74, 6) is 1.15. The lowest BCUT2D eigenvalue weighted by Crippen LogP contribution is -2.58. The van der Waals surface area contributed by atoms with Gasteiger partial charge in [0.1, 0.15) is 49.0 Å². The Bertz CT molecular complexity index is 4480. The quantitative estimate of drug-likeness (QED) is 0.0251. The molecule has 846 valence electrons. The monoisotopic (exact) mass is 2150 g/mol. The Morgan fingerprint density at radius 1 is 0.396 bits per heavy atom. The highest BCUT2D eigenvalue weighted by Gasteiger charge is 2.41. The Morgan fingerprint density at radius 3 is 1.09 bits per heavy atom. The number of carbonyl (C=O) groups excluding carboxylic acids is 16. The lowest BCUT2D eigenvalue weighted by Gasteiger charge is -2.36. The summed E-state index contributed by atoms with van der Waals surface area (Å²) in [6.45, 7) is 47.8. The van der Waals surface area contributed by atoms with Crippen LogP contribution in [0.5, 0.6) is 0 Å². The van der Waals surface area contributed by atoms with Crippen LogP contribution in [0.2, 0.25) is 0 Å². The van der Waals surface area contributed by atoms with E-state index in [0.717, 1.165) is 87.3 Å². The first-order chi connectivity index (χ1) is 69.6. The van der Waals surface area contributed by atoms with E-state index in [-0.39, 0.29) is 163 Å². The number of amides is 12. The van der Waals surface area contributed by atoms with Gasteiger partial charge in [-0.3, -0.25) is 53.1 Å². The number of hydrogen-bond donors (Lipinski definition) is 8. The normalized spacial score (nSPS) is 16.7. The number of alkyl halides is 3. The number of ketones is 8. The zero-order valence-electron chi connectivity index (χ0n) is 93.5. The smallest absolute Gasteiger partial charge is 0.407 e. The third kappa shape index (κ3) is 51.4. The largest absolute Gasteiger partial charge is 0.453 e. The first kappa shape index (κ1) is 136. The summed E-state index contributed by atoms with van der Waals surface area (Å²) in [4.78, 5) is 202. The van der Waals surface area contributed by atoms with Crippen LogP contribution in [0.1, 0.15) is 240 Å². The maximum Gasteiger partial charge on any atom is 0.407 e. The summed E-state index contributed by atoms with van der Waals surface area (Å²) in [5, 5.41) is 25.1. The summed E-state index contributed by atoms with van der Waals surface area (Å²) in [6.07, 6.45) is 1.12. The van der Waals surface area contributed by atoms with Gasteiger partial charge in [0.2, 0.25) is 0 Å². The van der Waals surface area contributed by atoms with Crippen molar-refractivity contribution in [1.82, 2.24) is 72.0 Å². The number of benzene rings is 1. The van der Waals surface area contributed by atoms with Crippen molar-refractivity contribution in [3.05, 3.63) is 88.4 Å². The molecule has 5 aliphatic heterocycles. The number of carbonyl (C=O) groups is 16. The number of Topliss-reactive ketones (excluding diaryl/α,β-unsaturated/α-hetero) is 8. The number of thiophene rings is 1. The lowest BCUT2D eigenvalue weighted by atomic mass is 9.84. The molecule has 2 aromatic heterocycles. The van der Waals surface area contributed by atoms with E-state index in [0.29, 0.717) is 18.7 Å². The zero-order chi connectivity index (χ0) is 114. The molecule has 7 heterocycles. The van der Waals surface area contributed by atoms with E-state index < -0.39 is 109 Å². The van der Waals surface area contributed by atoms with Gasteiger partial charge < -0.3 is 99.9 Å². The molecule has 0 saturated carbocycles. The molecule has 5 aliphatic rings. The van der Waals surface area contributed by atoms with Gasteiger partial charge in [0.05, 0.1) is 77.6 Å². The maximum absolute atomic E-state index is 12.4. The van der Waals surface area contributed by atoms with Crippen molar-refractivity contribution in [3.8, 4) is 0 Å². The Morgan fingerprint density at radius 2 is 0.758 bits per heavy atom. The van der Waals surface area contributed by atoms with Gasteiger partial charge >= 0.3 is 54.7 Å². The molecular weight excluding hydrogens is 1980 g/mol. The minimum absolute atomic E-state index is 0.00432. The van der Waals surface area contributed by atoms with Crippen LogP contribution in [-0.2, 0) is 81.0 Å². The second-order valence-electron chi connectivity index (χ2n) is 40.6. The molecule has 12 amide bonds. The molecule has 0 aliphatic carbocycles. The number of thioether (sulfide) groups is 1. The fourth-order valence-electron chi connectivity index (χ4n) is 15.0. The van der Waals surface area contributed by atoms with Crippen LogP contribution in [0, 0.1) is 52.8 Å².